The summed E-state index contributed by atoms with van der Waals surface area (Å²) < 4.78 is 0. The predicted molar refractivity (Wildman–Crippen MR) is 129 cm³/mol. The Kier molecular flexibility index (Phi) is 10.9. The molecule has 0 saturated carbocycles. The van der Waals surface area contributed by atoms with Crippen LogP contribution in [0.15, 0.2) is 67.0 Å². The molecule has 1 heterocycles. The minimum Gasteiger partial charge on any atom is -0.548 e. The smallest absolute Gasteiger partial charge is 0.548 e. The third-order valence-electron chi connectivity index (χ3n) is 5.08. The number of carboxylic acid groups (broad SMARTS) is 1. The van der Waals surface area contributed by atoms with Crippen molar-refractivity contribution in [1.29, 1.82) is 0 Å². The van der Waals surface area contributed by atoms with Crippen LogP contribution in [0.25, 0.3) is 23.3 Å². The van der Waals surface area contributed by atoms with Gasteiger partial charge in [0.05, 0.1) is 12.0 Å². The number of nitrogens with one attached hydrogen (secondary N) is 1. The van der Waals surface area contributed by atoms with Crippen LogP contribution in [0.4, 0.5) is 0 Å². The SMILES string of the molecule is CSCC[C@H](NC(=O)c1ccc(C=Cc2cccnc2)cc1-c1ccccc1C)C(=O)[O-].[Na+]. The van der Waals surface area contributed by atoms with Crippen LogP contribution in [0.5, 0.6) is 0 Å². The van der Waals surface area contributed by atoms with Crippen LogP contribution >= 0.6 is 11.8 Å². The molecule has 7 heteroatoms. The number of carbonyl (C=O) groups excluding carboxylic acids is 2. The van der Waals surface area contributed by atoms with E-state index in [1.165, 1.54) is 11.8 Å². The molecule has 2 aromatic carbocycles. The third kappa shape index (κ3) is 7.57. The largest absolute Gasteiger partial charge is 1.00 e. The molecule has 0 aliphatic rings. The second-order valence-electron chi connectivity index (χ2n) is 7.37. The molecule has 1 atom stereocenters. The van der Waals surface area contributed by atoms with E-state index in [-0.39, 0.29) is 29.6 Å². The number of carboxylic acids is 1. The van der Waals surface area contributed by atoms with Crippen molar-refractivity contribution in [2.24, 2.45) is 0 Å². The number of carbonyl (C=O) groups is 2. The minimum absolute atomic E-state index is 0. The number of hydrogen-bond acceptors (Lipinski definition) is 5. The van der Waals surface area contributed by atoms with E-state index in [1.54, 1.807) is 18.5 Å². The summed E-state index contributed by atoms with van der Waals surface area (Å²) >= 11 is 1.52. The zero-order chi connectivity index (χ0) is 22.9. The average Bonchev–Trinajstić information content (AvgIpc) is 2.81. The van der Waals surface area contributed by atoms with Gasteiger partial charge in [0, 0.05) is 18.0 Å². The number of aromatic nitrogens is 1. The van der Waals surface area contributed by atoms with Crippen LogP contribution in [0.2, 0.25) is 0 Å². The number of thioether (sulfide) groups is 1. The van der Waals surface area contributed by atoms with Gasteiger partial charge in [-0.15, -0.1) is 0 Å². The second-order valence-corrected chi connectivity index (χ2v) is 8.35. The summed E-state index contributed by atoms with van der Waals surface area (Å²) in [6.45, 7) is 1.98. The molecule has 1 N–H and O–H groups in total. The van der Waals surface area contributed by atoms with Crippen LogP contribution < -0.4 is 40.0 Å². The first-order chi connectivity index (χ1) is 15.5. The maximum absolute atomic E-state index is 13.1. The number of aryl methyl sites for hydroxylation is 1. The molecule has 5 nitrogen and oxygen atoms in total. The first-order valence-corrected chi connectivity index (χ1v) is 11.7. The van der Waals surface area contributed by atoms with E-state index in [0.717, 1.165) is 27.8 Å². The fraction of sp³-hybridized carbons (Fsp3) is 0.192. The molecule has 0 fully saturated rings. The molecule has 0 aliphatic heterocycles. The zero-order valence-corrected chi connectivity index (χ0v) is 21.9. The Labute approximate surface area is 221 Å². The molecule has 3 aromatic rings. The van der Waals surface area contributed by atoms with Crippen LogP contribution in [0.1, 0.15) is 33.5 Å². The van der Waals surface area contributed by atoms with Crippen LogP contribution in [0.3, 0.4) is 0 Å². The molecule has 0 unspecified atom stereocenters. The van der Waals surface area contributed by atoms with Crippen molar-refractivity contribution in [2.75, 3.05) is 12.0 Å². The summed E-state index contributed by atoms with van der Waals surface area (Å²) in [5.41, 5.74) is 5.00. The fourth-order valence-electron chi connectivity index (χ4n) is 3.35. The summed E-state index contributed by atoms with van der Waals surface area (Å²) in [5.74, 6) is -1.09. The topological polar surface area (TPSA) is 82.1 Å². The fourth-order valence-corrected chi connectivity index (χ4v) is 3.82. The molecule has 0 aliphatic carbocycles. The normalized spacial score (nSPS) is 11.6. The van der Waals surface area contributed by atoms with Crippen molar-refractivity contribution < 1.29 is 44.3 Å². The Hall–Kier alpha value is -2.38. The van der Waals surface area contributed by atoms with Crippen molar-refractivity contribution in [3.8, 4) is 11.1 Å². The molecule has 0 saturated heterocycles. The number of rotatable bonds is 9. The van der Waals surface area contributed by atoms with E-state index < -0.39 is 17.9 Å². The number of benzene rings is 2. The van der Waals surface area contributed by atoms with E-state index in [1.807, 2.05) is 73.9 Å². The van der Waals surface area contributed by atoms with Gasteiger partial charge < -0.3 is 15.2 Å². The van der Waals surface area contributed by atoms with Crippen LogP contribution in [-0.2, 0) is 4.79 Å². The molecule has 1 aromatic heterocycles. The standard InChI is InChI=1S/C26H26N2O3S.Na/c1-18-6-3-4-8-21(18)23-16-19(9-10-20-7-5-14-27-17-20)11-12-22(23)25(29)28-24(26(30)31)13-15-32-2;/h3-12,14,16-17,24H,13,15H2,1-2H3,(H,28,29)(H,30,31);/q;+1/p-1/t24-;/m0./s1. The summed E-state index contributed by atoms with van der Waals surface area (Å²) in [6, 6.07) is 16.1. The number of nitrogens with zero attached hydrogens (tertiary/aromatic N) is 1. The van der Waals surface area contributed by atoms with Crippen molar-refractivity contribution in [3.05, 3.63) is 89.2 Å². The van der Waals surface area contributed by atoms with Gasteiger partial charge in [0.15, 0.2) is 0 Å². The van der Waals surface area contributed by atoms with Crippen molar-refractivity contribution in [2.45, 2.75) is 19.4 Å². The van der Waals surface area contributed by atoms with E-state index >= 15 is 0 Å². The molecular weight excluding hydrogens is 443 g/mol. The number of pyridine rings is 1. The Morgan fingerprint density at radius 3 is 2.48 bits per heavy atom. The predicted octanol–water partition coefficient (Wildman–Crippen LogP) is 0.833. The Morgan fingerprint density at radius 1 is 1.06 bits per heavy atom. The van der Waals surface area contributed by atoms with Crippen molar-refractivity contribution >= 4 is 35.8 Å². The molecule has 164 valence electrons. The maximum Gasteiger partial charge on any atom is 1.00 e. The van der Waals surface area contributed by atoms with E-state index in [9.17, 15) is 14.7 Å². The van der Waals surface area contributed by atoms with Gasteiger partial charge in [0.25, 0.3) is 5.91 Å². The van der Waals surface area contributed by atoms with Gasteiger partial charge in [-0.05, 0) is 71.4 Å². The molecule has 0 spiro atoms. The summed E-state index contributed by atoms with van der Waals surface area (Å²) in [5, 5.41) is 14.1. The van der Waals surface area contributed by atoms with Crippen molar-refractivity contribution in [1.82, 2.24) is 10.3 Å². The quantitative estimate of drug-likeness (QED) is 0.471. The van der Waals surface area contributed by atoms with Gasteiger partial charge in [0.1, 0.15) is 0 Å². The molecule has 0 bridgehead atoms. The second kappa shape index (κ2) is 13.4. The summed E-state index contributed by atoms with van der Waals surface area (Å²) in [4.78, 5) is 28.7. The Balaban J connectivity index is 0.00000385. The Bertz CT molecular complexity index is 1120. The third-order valence-corrected chi connectivity index (χ3v) is 5.72. The number of hydrogen-bond donors (Lipinski definition) is 1. The van der Waals surface area contributed by atoms with Gasteiger partial charge >= 0.3 is 29.6 Å². The van der Waals surface area contributed by atoms with E-state index in [4.69, 9.17) is 0 Å². The van der Waals surface area contributed by atoms with Crippen LogP contribution in [-0.4, -0.2) is 34.9 Å². The molecule has 1 amide bonds. The van der Waals surface area contributed by atoms with Crippen molar-refractivity contribution in [3.63, 3.8) is 0 Å². The molecule has 0 radical (unpaired) electrons. The van der Waals surface area contributed by atoms with Gasteiger partial charge in [-0.1, -0.05) is 48.6 Å². The molecule has 3 rings (SSSR count). The first kappa shape index (κ1) is 26.9. The summed E-state index contributed by atoms with van der Waals surface area (Å²) in [7, 11) is 0. The maximum atomic E-state index is 13.1. The van der Waals surface area contributed by atoms with Gasteiger partial charge in [-0.2, -0.15) is 11.8 Å². The monoisotopic (exact) mass is 468 g/mol. The summed E-state index contributed by atoms with van der Waals surface area (Å²) in [6.07, 6.45) is 9.61. The van der Waals surface area contributed by atoms with E-state index in [0.29, 0.717) is 17.7 Å². The van der Waals surface area contributed by atoms with Crippen LogP contribution in [0, 0.1) is 6.92 Å². The molecule has 33 heavy (non-hydrogen) atoms. The van der Waals surface area contributed by atoms with Gasteiger partial charge in [-0.25, -0.2) is 0 Å². The van der Waals surface area contributed by atoms with Gasteiger partial charge in [-0.3, -0.25) is 9.78 Å². The minimum atomic E-state index is -1.28. The molecular formula is C26H25N2NaO3S. The number of aliphatic carboxylic acids is 1. The average molecular weight is 469 g/mol. The zero-order valence-electron chi connectivity index (χ0n) is 19.1. The Morgan fingerprint density at radius 2 is 1.82 bits per heavy atom. The number of amides is 1. The van der Waals surface area contributed by atoms with Gasteiger partial charge in [0.2, 0.25) is 0 Å². The first-order valence-electron chi connectivity index (χ1n) is 10.3. The van der Waals surface area contributed by atoms with E-state index in [2.05, 4.69) is 10.3 Å².